The second-order valence-electron chi connectivity index (χ2n) is 7.54. The molecule has 2 aromatic carbocycles. The van der Waals surface area contributed by atoms with Gasteiger partial charge < -0.3 is 18.9 Å². The second-order valence-corrected chi connectivity index (χ2v) is 7.97. The van der Waals surface area contributed by atoms with Gasteiger partial charge in [0, 0.05) is 24.0 Å². The van der Waals surface area contributed by atoms with Crippen molar-refractivity contribution in [1.29, 1.82) is 0 Å². The Morgan fingerprint density at radius 2 is 2.10 bits per heavy atom. The van der Waals surface area contributed by atoms with E-state index in [4.69, 9.17) is 25.6 Å². The highest BCUT2D eigenvalue weighted by molar-refractivity contribution is 6.30. The predicted octanol–water partition coefficient (Wildman–Crippen LogP) is 4.49. The zero-order valence-corrected chi connectivity index (χ0v) is 18.3. The van der Waals surface area contributed by atoms with Crippen LogP contribution in [0.2, 0.25) is 5.02 Å². The number of nitrogens with zero attached hydrogens (tertiary/aromatic N) is 3. The first-order chi connectivity index (χ1) is 15.0. The van der Waals surface area contributed by atoms with Crippen molar-refractivity contribution in [3.8, 4) is 23.0 Å². The SMILES string of the molecule is COc1ccccc1-c1nc([C@@H]2CCCN(C(=O)COc3ccc(Cl)cc3C)C2)no1. The van der Waals surface area contributed by atoms with E-state index in [0.717, 1.165) is 24.0 Å². The molecule has 8 heteroatoms. The van der Waals surface area contributed by atoms with Crippen molar-refractivity contribution in [2.24, 2.45) is 0 Å². The maximum atomic E-state index is 12.7. The van der Waals surface area contributed by atoms with Gasteiger partial charge in [-0.1, -0.05) is 28.9 Å². The number of carbonyl (C=O) groups is 1. The van der Waals surface area contributed by atoms with Crippen LogP contribution in [-0.4, -0.2) is 47.8 Å². The Kier molecular flexibility index (Phi) is 6.42. The molecule has 0 unspecified atom stereocenters. The normalized spacial score (nSPS) is 16.2. The molecule has 0 radical (unpaired) electrons. The fourth-order valence-electron chi connectivity index (χ4n) is 3.75. The minimum Gasteiger partial charge on any atom is -0.496 e. The number of amides is 1. The molecule has 1 aliphatic rings. The average Bonchev–Trinajstić information content (AvgIpc) is 3.28. The third-order valence-electron chi connectivity index (χ3n) is 5.41. The van der Waals surface area contributed by atoms with E-state index in [1.807, 2.05) is 37.3 Å². The predicted molar refractivity (Wildman–Crippen MR) is 117 cm³/mol. The van der Waals surface area contributed by atoms with Crippen LogP contribution in [0.25, 0.3) is 11.5 Å². The summed E-state index contributed by atoms with van der Waals surface area (Å²) >= 11 is 5.98. The Hall–Kier alpha value is -3.06. The Balaban J connectivity index is 1.40. The monoisotopic (exact) mass is 441 g/mol. The lowest BCUT2D eigenvalue weighted by Gasteiger charge is -2.31. The first kappa shape index (κ1) is 21.2. The molecule has 1 aromatic heterocycles. The molecule has 3 aromatic rings. The minimum absolute atomic E-state index is 0.0159. The molecule has 1 amide bonds. The number of hydrogen-bond donors (Lipinski definition) is 0. The van der Waals surface area contributed by atoms with Crippen LogP contribution in [0.5, 0.6) is 11.5 Å². The molecule has 162 valence electrons. The molecule has 1 saturated heterocycles. The molecular formula is C23H24ClN3O4. The van der Waals surface area contributed by atoms with Crippen LogP contribution < -0.4 is 9.47 Å². The third-order valence-corrected chi connectivity index (χ3v) is 5.64. The fraction of sp³-hybridized carbons (Fsp3) is 0.348. The van der Waals surface area contributed by atoms with Gasteiger partial charge in [-0.25, -0.2) is 0 Å². The summed E-state index contributed by atoms with van der Waals surface area (Å²) in [6, 6.07) is 12.9. The number of rotatable bonds is 6. The number of para-hydroxylation sites is 1. The van der Waals surface area contributed by atoms with E-state index in [9.17, 15) is 4.79 Å². The van der Waals surface area contributed by atoms with Gasteiger partial charge >= 0.3 is 0 Å². The number of aryl methyl sites for hydroxylation is 1. The molecule has 1 fully saturated rings. The van der Waals surface area contributed by atoms with Gasteiger partial charge in [0.1, 0.15) is 11.5 Å². The smallest absolute Gasteiger partial charge is 0.261 e. The number of benzene rings is 2. The number of halogens is 1. The van der Waals surface area contributed by atoms with Crippen LogP contribution >= 0.6 is 11.6 Å². The lowest BCUT2D eigenvalue weighted by atomic mass is 9.97. The molecule has 2 heterocycles. The first-order valence-corrected chi connectivity index (χ1v) is 10.6. The zero-order valence-electron chi connectivity index (χ0n) is 17.5. The maximum Gasteiger partial charge on any atom is 0.261 e. The van der Waals surface area contributed by atoms with E-state index < -0.39 is 0 Å². The molecule has 1 atom stereocenters. The summed E-state index contributed by atoms with van der Waals surface area (Å²) in [5.41, 5.74) is 1.65. The average molecular weight is 442 g/mol. The Bertz CT molecular complexity index is 1070. The second kappa shape index (κ2) is 9.39. The van der Waals surface area contributed by atoms with Crippen LogP contribution in [0, 0.1) is 6.92 Å². The lowest BCUT2D eigenvalue weighted by molar-refractivity contribution is -0.134. The number of ether oxygens (including phenoxy) is 2. The standard InChI is InChI=1S/C23H24ClN3O4/c1-15-12-17(24)9-10-19(15)30-14-21(28)27-11-5-6-16(13-27)22-25-23(31-26-22)18-7-3-4-8-20(18)29-2/h3-4,7-10,12,16H,5-6,11,13-14H2,1-2H3/t16-/m1/s1. The number of piperidine rings is 1. The van der Waals surface area contributed by atoms with Gasteiger partial charge in [0.25, 0.3) is 11.8 Å². The van der Waals surface area contributed by atoms with E-state index in [2.05, 4.69) is 10.1 Å². The third kappa shape index (κ3) is 4.82. The zero-order chi connectivity index (χ0) is 21.8. The van der Waals surface area contributed by atoms with Gasteiger partial charge in [-0.05, 0) is 55.7 Å². The van der Waals surface area contributed by atoms with Gasteiger partial charge in [0.15, 0.2) is 12.4 Å². The van der Waals surface area contributed by atoms with Gasteiger partial charge in [0.2, 0.25) is 0 Å². The summed E-state index contributed by atoms with van der Waals surface area (Å²) in [6.45, 7) is 3.11. The van der Waals surface area contributed by atoms with Crippen LogP contribution in [0.15, 0.2) is 47.0 Å². The summed E-state index contributed by atoms with van der Waals surface area (Å²) in [4.78, 5) is 19.1. The maximum absolute atomic E-state index is 12.7. The summed E-state index contributed by atoms with van der Waals surface area (Å²) in [6.07, 6.45) is 1.76. The van der Waals surface area contributed by atoms with E-state index in [1.54, 1.807) is 24.1 Å². The molecule has 0 bridgehead atoms. The Morgan fingerprint density at radius 3 is 2.90 bits per heavy atom. The van der Waals surface area contributed by atoms with Gasteiger partial charge in [0.05, 0.1) is 12.7 Å². The quantitative estimate of drug-likeness (QED) is 0.560. The summed E-state index contributed by atoms with van der Waals surface area (Å²) in [5, 5.41) is 4.82. The molecule has 0 saturated carbocycles. The molecule has 0 aliphatic carbocycles. The van der Waals surface area contributed by atoms with Gasteiger partial charge in [-0.2, -0.15) is 4.98 Å². The molecular weight excluding hydrogens is 418 g/mol. The fourth-order valence-corrected chi connectivity index (χ4v) is 3.98. The summed E-state index contributed by atoms with van der Waals surface area (Å²) in [5.74, 6) is 2.30. The minimum atomic E-state index is -0.0625. The highest BCUT2D eigenvalue weighted by Crippen LogP contribution is 2.31. The van der Waals surface area contributed by atoms with Gasteiger partial charge in [-0.15, -0.1) is 0 Å². The van der Waals surface area contributed by atoms with Crippen molar-refractivity contribution in [3.63, 3.8) is 0 Å². The van der Waals surface area contributed by atoms with E-state index >= 15 is 0 Å². The van der Waals surface area contributed by atoms with Crippen LogP contribution in [-0.2, 0) is 4.79 Å². The highest BCUT2D eigenvalue weighted by Gasteiger charge is 2.28. The first-order valence-electron chi connectivity index (χ1n) is 10.2. The molecule has 0 spiro atoms. The highest BCUT2D eigenvalue weighted by atomic mass is 35.5. The van der Waals surface area contributed by atoms with Crippen LogP contribution in [0.1, 0.15) is 30.1 Å². The van der Waals surface area contributed by atoms with E-state index in [1.165, 1.54) is 0 Å². The number of aromatic nitrogens is 2. The van der Waals surface area contributed by atoms with Crippen molar-refractivity contribution in [1.82, 2.24) is 15.0 Å². The Labute approximate surface area is 185 Å². The van der Waals surface area contributed by atoms with Crippen molar-refractivity contribution >= 4 is 17.5 Å². The van der Waals surface area contributed by atoms with E-state index in [0.29, 0.717) is 41.3 Å². The molecule has 1 aliphatic heterocycles. The summed E-state index contributed by atoms with van der Waals surface area (Å²) < 4.78 is 16.6. The van der Waals surface area contributed by atoms with Crippen molar-refractivity contribution in [2.75, 3.05) is 26.8 Å². The number of methoxy groups -OCH3 is 1. The van der Waals surface area contributed by atoms with Crippen LogP contribution in [0.3, 0.4) is 0 Å². The van der Waals surface area contributed by atoms with Crippen molar-refractivity contribution in [3.05, 3.63) is 58.9 Å². The van der Waals surface area contributed by atoms with Crippen LogP contribution in [0.4, 0.5) is 0 Å². The van der Waals surface area contributed by atoms with E-state index in [-0.39, 0.29) is 18.4 Å². The largest absolute Gasteiger partial charge is 0.496 e. The Morgan fingerprint density at radius 1 is 1.26 bits per heavy atom. The van der Waals surface area contributed by atoms with Crippen molar-refractivity contribution in [2.45, 2.75) is 25.7 Å². The molecule has 31 heavy (non-hydrogen) atoms. The number of hydrogen-bond acceptors (Lipinski definition) is 6. The molecule has 4 rings (SSSR count). The lowest BCUT2D eigenvalue weighted by Crippen LogP contribution is -2.41. The molecule has 7 nitrogen and oxygen atoms in total. The topological polar surface area (TPSA) is 77.7 Å². The number of likely N-dealkylation sites (tertiary alicyclic amines) is 1. The number of carbonyl (C=O) groups excluding carboxylic acids is 1. The van der Waals surface area contributed by atoms with Gasteiger partial charge in [-0.3, -0.25) is 4.79 Å². The molecule has 0 N–H and O–H groups in total. The van der Waals surface area contributed by atoms with Crippen molar-refractivity contribution < 1.29 is 18.8 Å². The summed E-state index contributed by atoms with van der Waals surface area (Å²) in [7, 11) is 1.61.